The molecular formula is C20H19NO3. The molecule has 4 heteroatoms. The maximum atomic E-state index is 12.0. The second-order valence-corrected chi connectivity index (χ2v) is 5.89. The van der Waals surface area contributed by atoms with E-state index < -0.39 is 5.97 Å². The minimum Gasteiger partial charge on any atom is -0.497 e. The van der Waals surface area contributed by atoms with Crippen LogP contribution in [-0.4, -0.2) is 19.0 Å². The Kier molecular flexibility index (Phi) is 4.47. The van der Waals surface area contributed by atoms with E-state index in [1.165, 1.54) is 5.56 Å². The van der Waals surface area contributed by atoms with Gasteiger partial charge in [-0.1, -0.05) is 38.1 Å². The highest BCUT2D eigenvalue weighted by atomic mass is 16.6. The zero-order valence-electron chi connectivity index (χ0n) is 13.9. The van der Waals surface area contributed by atoms with Crippen LogP contribution in [0.25, 0.3) is 6.08 Å². The summed E-state index contributed by atoms with van der Waals surface area (Å²) in [7, 11) is 1.60. The van der Waals surface area contributed by atoms with Crippen LogP contribution in [0.4, 0.5) is 0 Å². The molecule has 4 nitrogen and oxygen atoms in total. The van der Waals surface area contributed by atoms with E-state index in [4.69, 9.17) is 9.47 Å². The van der Waals surface area contributed by atoms with Gasteiger partial charge in [0.1, 0.15) is 5.75 Å². The quantitative estimate of drug-likeness (QED) is 0.627. The zero-order valence-corrected chi connectivity index (χ0v) is 13.9. The Morgan fingerprint density at radius 1 is 1.04 bits per heavy atom. The van der Waals surface area contributed by atoms with E-state index in [0.29, 0.717) is 17.5 Å². The van der Waals surface area contributed by atoms with Crippen molar-refractivity contribution in [1.29, 1.82) is 0 Å². The number of hydrogen-bond acceptors (Lipinski definition) is 4. The summed E-state index contributed by atoms with van der Waals surface area (Å²) in [4.78, 5) is 16.3. The van der Waals surface area contributed by atoms with Crippen LogP contribution in [0.3, 0.4) is 0 Å². The molecule has 0 bridgehead atoms. The minimum absolute atomic E-state index is 0.304. The Morgan fingerprint density at radius 2 is 1.71 bits per heavy atom. The molecule has 3 rings (SSSR count). The summed E-state index contributed by atoms with van der Waals surface area (Å²) in [6, 6.07) is 15.3. The molecule has 1 aliphatic rings. The molecule has 0 amide bonds. The highest BCUT2D eigenvalue weighted by Crippen LogP contribution is 2.22. The van der Waals surface area contributed by atoms with Crippen molar-refractivity contribution in [2.45, 2.75) is 19.8 Å². The Balaban J connectivity index is 1.85. The number of ether oxygens (including phenoxy) is 2. The van der Waals surface area contributed by atoms with Gasteiger partial charge in [0.15, 0.2) is 5.70 Å². The van der Waals surface area contributed by atoms with Crippen molar-refractivity contribution in [3.8, 4) is 5.75 Å². The molecule has 0 spiro atoms. The molecule has 0 aliphatic carbocycles. The van der Waals surface area contributed by atoms with Crippen molar-refractivity contribution in [2.75, 3.05) is 7.11 Å². The number of rotatable bonds is 4. The molecule has 24 heavy (non-hydrogen) atoms. The van der Waals surface area contributed by atoms with Crippen LogP contribution >= 0.6 is 0 Å². The molecule has 1 heterocycles. The standard InChI is InChI=1S/C20H19NO3/c1-13(2)15-6-4-14(5-7-15)12-18-20(22)24-19(21-18)16-8-10-17(23-3)11-9-16/h4-13H,1-3H3. The number of carbonyl (C=O) groups excluding carboxylic acids is 1. The molecule has 0 unspecified atom stereocenters. The summed E-state index contributed by atoms with van der Waals surface area (Å²) in [5.74, 6) is 1.09. The van der Waals surface area contributed by atoms with Gasteiger partial charge in [0.25, 0.3) is 0 Å². The van der Waals surface area contributed by atoms with Crippen molar-refractivity contribution in [3.63, 3.8) is 0 Å². The first kappa shape index (κ1) is 16.0. The van der Waals surface area contributed by atoms with E-state index in [-0.39, 0.29) is 0 Å². The van der Waals surface area contributed by atoms with Gasteiger partial charge in [0.05, 0.1) is 7.11 Å². The molecule has 2 aromatic rings. The first-order valence-corrected chi connectivity index (χ1v) is 7.84. The van der Waals surface area contributed by atoms with Gasteiger partial charge in [-0.2, -0.15) is 0 Å². The van der Waals surface area contributed by atoms with E-state index in [2.05, 4.69) is 31.0 Å². The fourth-order valence-corrected chi connectivity index (χ4v) is 2.40. The fourth-order valence-electron chi connectivity index (χ4n) is 2.40. The van der Waals surface area contributed by atoms with Crippen LogP contribution < -0.4 is 4.74 Å². The minimum atomic E-state index is -0.436. The molecular weight excluding hydrogens is 302 g/mol. The highest BCUT2D eigenvalue weighted by molar-refractivity contribution is 6.12. The van der Waals surface area contributed by atoms with Crippen LogP contribution in [0.1, 0.15) is 36.5 Å². The monoisotopic (exact) mass is 321 g/mol. The van der Waals surface area contributed by atoms with Gasteiger partial charge >= 0.3 is 5.97 Å². The number of carbonyl (C=O) groups is 1. The average molecular weight is 321 g/mol. The summed E-state index contributed by atoms with van der Waals surface area (Å²) >= 11 is 0. The SMILES string of the molecule is COc1ccc(C2=NC(=Cc3ccc(C(C)C)cc3)C(=O)O2)cc1. The second-order valence-electron chi connectivity index (χ2n) is 5.89. The lowest BCUT2D eigenvalue weighted by Gasteiger charge is -2.04. The smallest absolute Gasteiger partial charge is 0.363 e. The molecule has 122 valence electrons. The lowest BCUT2D eigenvalue weighted by atomic mass is 10.0. The molecule has 0 fully saturated rings. The first-order chi connectivity index (χ1) is 11.6. The molecule has 0 atom stereocenters. The normalized spacial score (nSPS) is 15.6. The van der Waals surface area contributed by atoms with E-state index in [9.17, 15) is 4.79 Å². The van der Waals surface area contributed by atoms with Crippen molar-refractivity contribution in [1.82, 2.24) is 0 Å². The van der Waals surface area contributed by atoms with Gasteiger partial charge in [0.2, 0.25) is 5.90 Å². The molecule has 0 radical (unpaired) electrons. The summed E-state index contributed by atoms with van der Waals surface area (Å²) in [5, 5.41) is 0. The molecule has 1 aliphatic heterocycles. The third kappa shape index (κ3) is 3.38. The van der Waals surface area contributed by atoms with Gasteiger partial charge in [0, 0.05) is 5.56 Å². The Morgan fingerprint density at radius 3 is 2.29 bits per heavy atom. The third-order valence-electron chi connectivity index (χ3n) is 3.86. The van der Waals surface area contributed by atoms with Gasteiger partial charge in [-0.3, -0.25) is 0 Å². The van der Waals surface area contributed by atoms with Crippen molar-refractivity contribution < 1.29 is 14.3 Å². The summed E-state index contributed by atoms with van der Waals surface area (Å²) in [6.45, 7) is 4.29. The third-order valence-corrected chi connectivity index (χ3v) is 3.86. The van der Waals surface area contributed by atoms with E-state index in [1.54, 1.807) is 25.3 Å². The number of methoxy groups -OCH3 is 1. The van der Waals surface area contributed by atoms with Crippen molar-refractivity contribution in [3.05, 3.63) is 70.9 Å². The largest absolute Gasteiger partial charge is 0.497 e. The molecule has 0 aromatic heterocycles. The maximum Gasteiger partial charge on any atom is 0.363 e. The lowest BCUT2D eigenvalue weighted by Crippen LogP contribution is -2.05. The van der Waals surface area contributed by atoms with E-state index in [0.717, 1.165) is 16.9 Å². The summed E-state index contributed by atoms with van der Waals surface area (Å²) in [5.41, 5.74) is 3.22. The predicted molar refractivity (Wildman–Crippen MR) is 94.1 cm³/mol. The predicted octanol–water partition coefficient (Wildman–Crippen LogP) is 4.16. The molecule has 0 N–H and O–H groups in total. The zero-order chi connectivity index (χ0) is 17.1. The first-order valence-electron chi connectivity index (χ1n) is 7.84. The number of benzene rings is 2. The lowest BCUT2D eigenvalue weighted by molar-refractivity contribution is -0.129. The fraction of sp³-hybridized carbons (Fsp3) is 0.200. The maximum absolute atomic E-state index is 12.0. The van der Waals surface area contributed by atoms with E-state index >= 15 is 0 Å². The number of esters is 1. The number of aliphatic imine (C=N–C) groups is 1. The Hall–Kier alpha value is -2.88. The topological polar surface area (TPSA) is 47.9 Å². The Bertz CT molecular complexity index is 800. The number of nitrogens with zero attached hydrogens (tertiary/aromatic N) is 1. The number of hydrogen-bond donors (Lipinski definition) is 0. The number of cyclic esters (lactones) is 1. The molecule has 0 saturated heterocycles. The molecule has 0 saturated carbocycles. The molecule has 2 aromatic carbocycles. The summed E-state index contributed by atoms with van der Waals surface area (Å²) < 4.78 is 10.4. The van der Waals surface area contributed by atoms with E-state index in [1.807, 2.05) is 24.3 Å². The average Bonchev–Trinajstić information content (AvgIpc) is 2.96. The van der Waals surface area contributed by atoms with Gasteiger partial charge in [-0.05, 0) is 47.4 Å². The van der Waals surface area contributed by atoms with Crippen LogP contribution in [0.5, 0.6) is 5.75 Å². The van der Waals surface area contributed by atoms with Crippen LogP contribution in [-0.2, 0) is 9.53 Å². The van der Waals surface area contributed by atoms with Crippen molar-refractivity contribution in [2.24, 2.45) is 4.99 Å². The van der Waals surface area contributed by atoms with Gasteiger partial charge in [-0.25, -0.2) is 9.79 Å². The van der Waals surface area contributed by atoms with Crippen LogP contribution in [0, 0.1) is 0 Å². The summed E-state index contributed by atoms with van der Waals surface area (Å²) in [6.07, 6.45) is 1.74. The second kappa shape index (κ2) is 6.71. The van der Waals surface area contributed by atoms with Gasteiger partial charge in [-0.15, -0.1) is 0 Å². The Labute approximate surface area is 141 Å². The van der Waals surface area contributed by atoms with Crippen LogP contribution in [0.2, 0.25) is 0 Å². The highest BCUT2D eigenvalue weighted by Gasteiger charge is 2.24. The van der Waals surface area contributed by atoms with Crippen molar-refractivity contribution >= 4 is 17.9 Å². The van der Waals surface area contributed by atoms with Gasteiger partial charge < -0.3 is 9.47 Å². The van der Waals surface area contributed by atoms with Crippen LogP contribution in [0.15, 0.2) is 59.2 Å².